The van der Waals surface area contributed by atoms with Crippen molar-refractivity contribution in [3.8, 4) is 5.75 Å². The molecule has 2 N–H and O–H groups in total. The van der Waals surface area contributed by atoms with Crippen molar-refractivity contribution >= 4 is 11.7 Å². The lowest BCUT2D eigenvalue weighted by atomic mass is 10.2. The number of anilines is 1. The smallest absolute Gasteiger partial charge is 0.319 e. The van der Waals surface area contributed by atoms with Crippen LogP contribution >= 0.6 is 0 Å². The summed E-state index contributed by atoms with van der Waals surface area (Å²) in [6, 6.07) is 5.33. The number of carbonyl (C=O) groups excluding carboxylic acids is 1. The van der Waals surface area contributed by atoms with E-state index in [4.69, 9.17) is 4.74 Å². The van der Waals surface area contributed by atoms with Crippen LogP contribution in [0.5, 0.6) is 5.75 Å². The molecule has 1 heterocycles. The molecule has 0 radical (unpaired) electrons. The fourth-order valence-electron chi connectivity index (χ4n) is 1.96. The second-order valence-electron chi connectivity index (χ2n) is 4.58. The van der Waals surface area contributed by atoms with Crippen molar-refractivity contribution in [2.75, 3.05) is 19.0 Å². The summed E-state index contributed by atoms with van der Waals surface area (Å²) in [7, 11) is 3.40. The number of rotatable bonds is 5. The molecule has 0 unspecified atom stereocenters. The first kappa shape index (κ1) is 14.8. The number of carbonyl (C=O) groups is 1. The highest BCUT2D eigenvalue weighted by atomic mass is 16.5. The van der Waals surface area contributed by atoms with Gasteiger partial charge in [-0.1, -0.05) is 12.1 Å². The molecule has 112 valence electrons. The zero-order chi connectivity index (χ0) is 15.2. The monoisotopic (exact) mass is 289 g/mol. The summed E-state index contributed by atoms with van der Waals surface area (Å²) in [6.45, 7) is 2.39. The molecule has 21 heavy (non-hydrogen) atoms. The molecule has 0 saturated heterocycles. The molecule has 0 aliphatic heterocycles. The van der Waals surface area contributed by atoms with E-state index in [0.717, 1.165) is 11.4 Å². The summed E-state index contributed by atoms with van der Waals surface area (Å²) in [4.78, 5) is 16.0. The Morgan fingerprint density at radius 2 is 2.24 bits per heavy atom. The van der Waals surface area contributed by atoms with Crippen molar-refractivity contribution in [1.29, 1.82) is 0 Å². The second kappa shape index (κ2) is 6.74. The molecule has 0 aliphatic rings. The summed E-state index contributed by atoms with van der Waals surface area (Å²) >= 11 is 0. The van der Waals surface area contributed by atoms with Gasteiger partial charge in [-0.25, -0.2) is 9.78 Å². The first-order valence-electron chi connectivity index (χ1n) is 6.63. The third-order valence-corrected chi connectivity index (χ3v) is 3.13. The van der Waals surface area contributed by atoms with E-state index in [1.54, 1.807) is 11.8 Å². The number of amides is 2. The molecular weight excluding hydrogens is 270 g/mol. The standard InChI is InChI=1S/C14H19N5O2/c1-10-5-4-6-11(21-3)13(10)18-14(20)15-8-7-12-16-9-17-19(12)2/h4-6,9H,7-8H2,1-3H3,(H2,15,18,20). The van der Waals surface area contributed by atoms with Gasteiger partial charge in [0.25, 0.3) is 0 Å². The molecule has 7 heteroatoms. The van der Waals surface area contributed by atoms with E-state index in [9.17, 15) is 4.79 Å². The maximum Gasteiger partial charge on any atom is 0.319 e. The van der Waals surface area contributed by atoms with Gasteiger partial charge in [-0.2, -0.15) is 5.10 Å². The molecule has 7 nitrogen and oxygen atoms in total. The van der Waals surface area contributed by atoms with Gasteiger partial charge in [0, 0.05) is 20.0 Å². The number of aromatic nitrogens is 3. The molecule has 0 saturated carbocycles. The van der Waals surface area contributed by atoms with Gasteiger partial charge in [0.2, 0.25) is 0 Å². The number of nitrogens with zero attached hydrogens (tertiary/aromatic N) is 3. The van der Waals surface area contributed by atoms with Crippen LogP contribution in [0.3, 0.4) is 0 Å². The highest BCUT2D eigenvalue weighted by Crippen LogP contribution is 2.27. The number of para-hydroxylation sites is 1. The lowest BCUT2D eigenvalue weighted by Gasteiger charge is -2.13. The Morgan fingerprint density at radius 3 is 2.90 bits per heavy atom. The van der Waals surface area contributed by atoms with Crippen LogP contribution in [0.25, 0.3) is 0 Å². The van der Waals surface area contributed by atoms with Crippen LogP contribution in [-0.2, 0) is 13.5 Å². The number of nitrogens with one attached hydrogen (secondary N) is 2. The average Bonchev–Trinajstić information content (AvgIpc) is 2.87. The van der Waals surface area contributed by atoms with Gasteiger partial charge in [-0.05, 0) is 18.6 Å². The molecule has 2 aromatic rings. The molecule has 2 amide bonds. The van der Waals surface area contributed by atoms with Crippen molar-refractivity contribution < 1.29 is 9.53 Å². The molecule has 1 aromatic heterocycles. The van der Waals surface area contributed by atoms with Gasteiger partial charge in [0.05, 0.1) is 12.8 Å². The SMILES string of the molecule is COc1cccc(C)c1NC(=O)NCCc1ncnn1C. The summed E-state index contributed by atoms with van der Waals surface area (Å²) in [6.07, 6.45) is 2.11. The average molecular weight is 289 g/mol. The number of hydrogen-bond acceptors (Lipinski definition) is 4. The van der Waals surface area contributed by atoms with Crippen molar-refractivity contribution in [2.24, 2.45) is 7.05 Å². The first-order chi connectivity index (χ1) is 10.1. The zero-order valence-corrected chi connectivity index (χ0v) is 12.4. The van der Waals surface area contributed by atoms with Crippen LogP contribution in [0.15, 0.2) is 24.5 Å². The fraction of sp³-hybridized carbons (Fsp3) is 0.357. The van der Waals surface area contributed by atoms with E-state index in [1.807, 2.05) is 32.2 Å². The number of aryl methyl sites for hydroxylation is 2. The van der Waals surface area contributed by atoms with Crippen LogP contribution in [0.4, 0.5) is 10.5 Å². The summed E-state index contributed by atoms with van der Waals surface area (Å²) in [5, 5.41) is 9.57. The van der Waals surface area contributed by atoms with Crippen LogP contribution < -0.4 is 15.4 Å². The lowest BCUT2D eigenvalue weighted by molar-refractivity contribution is 0.252. The van der Waals surface area contributed by atoms with Crippen molar-refractivity contribution in [2.45, 2.75) is 13.3 Å². The Morgan fingerprint density at radius 1 is 1.43 bits per heavy atom. The van der Waals surface area contributed by atoms with Crippen LogP contribution in [0.1, 0.15) is 11.4 Å². The van der Waals surface area contributed by atoms with E-state index < -0.39 is 0 Å². The highest BCUT2D eigenvalue weighted by Gasteiger charge is 2.09. The number of ether oxygens (including phenoxy) is 1. The van der Waals surface area contributed by atoms with E-state index in [-0.39, 0.29) is 6.03 Å². The summed E-state index contributed by atoms with van der Waals surface area (Å²) in [5.74, 6) is 1.46. The van der Waals surface area contributed by atoms with Crippen molar-refractivity contribution in [1.82, 2.24) is 20.1 Å². The molecular formula is C14H19N5O2. The molecule has 0 fully saturated rings. The topological polar surface area (TPSA) is 81.1 Å². The van der Waals surface area contributed by atoms with Gasteiger partial charge in [-0.3, -0.25) is 4.68 Å². The van der Waals surface area contributed by atoms with E-state index >= 15 is 0 Å². The van der Waals surface area contributed by atoms with Gasteiger partial charge < -0.3 is 15.4 Å². The molecule has 2 rings (SSSR count). The molecule has 0 aliphatic carbocycles. The normalized spacial score (nSPS) is 10.2. The van der Waals surface area contributed by atoms with Gasteiger partial charge >= 0.3 is 6.03 Å². The third kappa shape index (κ3) is 3.71. The first-order valence-corrected chi connectivity index (χ1v) is 6.63. The van der Waals surface area contributed by atoms with Gasteiger partial charge in [0.1, 0.15) is 17.9 Å². The van der Waals surface area contributed by atoms with Crippen molar-refractivity contribution in [3.05, 3.63) is 35.9 Å². The minimum Gasteiger partial charge on any atom is -0.495 e. The number of hydrogen-bond donors (Lipinski definition) is 2. The molecule has 0 spiro atoms. The van der Waals surface area contributed by atoms with Crippen molar-refractivity contribution in [3.63, 3.8) is 0 Å². The highest BCUT2D eigenvalue weighted by molar-refractivity contribution is 5.91. The Kier molecular flexibility index (Phi) is 4.76. The van der Waals surface area contributed by atoms with Gasteiger partial charge in [0.15, 0.2) is 0 Å². The number of methoxy groups -OCH3 is 1. The molecule has 0 bridgehead atoms. The largest absolute Gasteiger partial charge is 0.495 e. The van der Waals surface area contributed by atoms with E-state index in [0.29, 0.717) is 24.4 Å². The predicted molar refractivity (Wildman–Crippen MR) is 79.5 cm³/mol. The Hall–Kier alpha value is -2.57. The van der Waals surface area contributed by atoms with E-state index in [1.165, 1.54) is 6.33 Å². The Labute approximate surface area is 123 Å². The zero-order valence-electron chi connectivity index (χ0n) is 12.4. The Bertz CT molecular complexity index is 624. The fourth-order valence-corrected chi connectivity index (χ4v) is 1.96. The minimum atomic E-state index is -0.273. The maximum absolute atomic E-state index is 11.9. The minimum absolute atomic E-state index is 0.273. The van der Waals surface area contributed by atoms with Gasteiger partial charge in [-0.15, -0.1) is 0 Å². The maximum atomic E-state index is 11.9. The van der Waals surface area contributed by atoms with Crippen LogP contribution in [-0.4, -0.2) is 34.5 Å². The van der Waals surface area contributed by atoms with Crippen LogP contribution in [0, 0.1) is 6.92 Å². The van der Waals surface area contributed by atoms with E-state index in [2.05, 4.69) is 20.7 Å². The molecule has 1 aromatic carbocycles. The summed E-state index contributed by atoms with van der Waals surface area (Å²) < 4.78 is 6.93. The second-order valence-corrected chi connectivity index (χ2v) is 4.58. The molecule has 0 atom stereocenters. The van der Waals surface area contributed by atoms with Crippen LogP contribution in [0.2, 0.25) is 0 Å². The Balaban J connectivity index is 1.89. The summed E-state index contributed by atoms with van der Waals surface area (Å²) in [5.41, 5.74) is 1.62. The third-order valence-electron chi connectivity index (χ3n) is 3.13. The number of benzene rings is 1. The predicted octanol–water partition coefficient (Wildman–Crippen LogP) is 1.50. The quantitative estimate of drug-likeness (QED) is 0.874. The lowest BCUT2D eigenvalue weighted by Crippen LogP contribution is -2.31. The number of urea groups is 1.